The smallest absolute Gasteiger partial charge is 0.224 e. The van der Waals surface area contributed by atoms with Crippen LogP contribution >= 0.6 is 11.6 Å². The molecule has 0 bridgehead atoms. The molecule has 0 aliphatic carbocycles. The van der Waals surface area contributed by atoms with Gasteiger partial charge in [0.2, 0.25) is 5.91 Å². The van der Waals surface area contributed by atoms with Gasteiger partial charge in [0.25, 0.3) is 0 Å². The van der Waals surface area contributed by atoms with E-state index in [2.05, 4.69) is 66.2 Å². The fraction of sp³-hybridized carbons (Fsp3) is 0.375. The molecule has 1 amide bonds. The molecule has 0 spiro atoms. The maximum atomic E-state index is 12.2. The highest BCUT2D eigenvalue weighted by atomic mass is 35.5. The average Bonchev–Trinajstić information content (AvgIpc) is 3.26. The highest BCUT2D eigenvalue weighted by Crippen LogP contribution is 2.23. The van der Waals surface area contributed by atoms with Gasteiger partial charge in [0.05, 0.1) is 24.1 Å². The van der Waals surface area contributed by atoms with Gasteiger partial charge in [0.15, 0.2) is 0 Å². The number of nitrogens with zero attached hydrogens (tertiary/aromatic N) is 2. The van der Waals surface area contributed by atoms with Crippen LogP contribution in [0.5, 0.6) is 5.75 Å². The Morgan fingerprint density at radius 1 is 0.895 bits per heavy atom. The van der Waals surface area contributed by atoms with Gasteiger partial charge in [-0.3, -0.25) is 4.79 Å². The summed E-state index contributed by atoms with van der Waals surface area (Å²) < 4.78 is 8.48. The first-order valence-corrected chi connectivity index (χ1v) is 14.0. The minimum Gasteiger partial charge on any atom is -0.493 e. The number of amides is 1. The van der Waals surface area contributed by atoms with Crippen LogP contribution in [-0.2, 0) is 24.2 Å². The molecule has 0 saturated carbocycles. The van der Waals surface area contributed by atoms with E-state index in [-0.39, 0.29) is 5.91 Å². The van der Waals surface area contributed by atoms with Crippen LogP contribution in [0.4, 0.5) is 0 Å². The highest BCUT2D eigenvalue weighted by molar-refractivity contribution is 6.30. The van der Waals surface area contributed by atoms with Crippen LogP contribution in [0.2, 0.25) is 5.02 Å². The van der Waals surface area contributed by atoms with Crippen LogP contribution in [0, 0.1) is 13.8 Å². The highest BCUT2D eigenvalue weighted by Gasteiger charge is 2.11. The molecule has 1 heterocycles. The number of hydrogen-bond donors (Lipinski definition) is 1. The number of aromatic nitrogens is 2. The van der Waals surface area contributed by atoms with Crippen LogP contribution in [-0.4, -0.2) is 28.6 Å². The molecule has 200 valence electrons. The third-order valence-corrected chi connectivity index (χ3v) is 7.09. The lowest BCUT2D eigenvalue weighted by atomic mass is 10.1. The van der Waals surface area contributed by atoms with Crippen molar-refractivity contribution >= 4 is 28.5 Å². The second-order valence-corrected chi connectivity index (χ2v) is 10.3. The summed E-state index contributed by atoms with van der Waals surface area (Å²) in [4.78, 5) is 17.1. The number of ether oxygens (including phenoxy) is 1. The normalized spacial score (nSPS) is 11.1. The Morgan fingerprint density at radius 2 is 1.66 bits per heavy atom. The fourth-order valence-corrected chi connectivity index (χ4v) is 4.93. The summed E-state index contributed by atoms with van der Waals surface area (Å²) in [5.41, 5.74) is 5.61. The van der Waals surface area contributed by atoms with Crippen molar-refractivity contribution < 1.29 is 9.53 Å². The molecule has 0 atom stereocenters. The number of unbranched alkanes of at least 4 members (excludes halogenated alkanes) is 3. The summed E-state index contributed by atoms with van der Waals surface area (Å²) in [7, 11) is 0. The summed E-state index contributed by atoms with van der Waals surface area (Å²) in [6.07, 6.45) is 6.42. The predicted octanol–water partition coefficient (Wildman–Crippen LogP) is 7.24. The largest absolute Gasteiger partial charge is 0.493 e. The summed E-state index contributed by atoms with van der Waals surface area (Å²) in [6.45, 7) is 6.55. The molecule has 3 aromatic carbocycles. The number of fused-ring (bicyclic) bond motifs is 1. The van der Waals surface area contributed by atoms with E-state index in [9.17, 15) is 4.79 Å². The van der Waals surface area contributed by atoms with Crippen molar-refractivity contribution in [1.29, 1.82) is 0 Å². The molecule has 0 fully saturated rings. The molecule has 0 aliphatic heterocycles. The number of halogens is 1. The third kappa shape index (κ3) is 7.84. The quantitative estimate of drug-likeness (QED) is 0.174. The second-order valence-electron chi connectivity index (χ2n) is 9.91. The zero-order valence-corrected chi connectivity index (χ0v) is 23.3. The summed E-state index contributed by atoms with van der Waals surface area (Å²) in [6, 6.07) is 22.1. The third-order valence-electron chi connectivity index (χ3n) is 6.84. The van der Waals surface area contributed by atoms with Crippen LogP contribution in [0.3, 0.4) is 0 Å². The van der Waals surface area contributed by atoms with E-state index >= 15 is 0 Å². The molecular formula is C32H38ClN3O2. The van der Waals surface area contributed by atoms with E-state index < -0.39 is 0 Å². The molecule has 5 nitrogen and oxygen atoms in total. The molecule has 0 saturated heterocycles. The molecule has 0 radical (unpaired) electrons. The van der Waals surface area contributed by atoms with E-state index in [1.807, 2.05) is 24.3 Å². The summed E-state index contributed by atoms with van der Waals surface area (Å²) >= 11 is 5.91. The van der Waals surface area contributed by atoms with Crippen molar-refractivity contribution in [1.82, 2.24) is 14.9 Å². The van der Waals surface area contributed by atoms with E-state index in [1.54, 1.807) is 0 Å². The van der Waals surface area contributed by atoms with Crippen LogP contribution in [0.15, 0.2) is 66.7 Å². The number of benzene rings is 3. The zero-order valence-electron chi connectivity index (χ0n) is 22.5. The Balaban J connectivity index is 1.20. The minimum absolute atomic E-state index is 0.0516. The van der Waals surface area contributed by atoms with Crippen molar-refractivity contribution in [3.8, 4) is 5.75 Å². The molecule has 4 rings (SSSR count). The van der Waals surface area contributed by atoms with Crippen molar-refractivity contribution in [2.75, 3.05) is 13.2 Å². The van der Waals surface area contributed by atoms with Gasteiger partial charge in [-0.05, 0) is 80.5 Å². The molecule has 4 aromatic rings. The number of hydrogen-bond acceptors (Lipinski definition) is 3. The monoisotopic (exact) mass is 531 g/mol. The number of para-hydroxylation sites is 3. The maximum Gasteiger partial charge on any atom is 0.224 e. The predicted molar refractivity (Wildman–Crippen MR) is 156 cm³/mol. The number of nitrogens with one attached hydrogen (secondary N) is 1. The van der Waals surface area contributed by atoms with Crippen LogP contribution in [0.1, 0.15) is 54.6 Å². The summed E-state index contributed by atoms with van der Waals surface area (Å²) in [5, 5.41) is 3.72. The number of imidazole rings is 1. The van der Waals surface area contributed by atoms with Gasteiger partial charge >= 0.3 is 0 Å². The number of carbonyl (C=O) groups excluding carboxylic acids is 1. The first-order valence-electron chi connectivity index (χ1n) is 13.7. The first-order chi connectivity index (χ1) is 18.5. The van der Waals surface area contributed by atoms with Gasteiger partial charge in [-0.25, -0.2) is 4.98 Å². The number of carbonyl (C=O) groups is 1. The van der Waals surface area contributed by atoms with Gasteiger partial charge in [-0.1, -0.05) is 60.5 Å². The van der Waals surface area contributed by atoms with E-state index in [1.165, 1.54) is 16.6 Å². The Hall–Kier alpha value is -3.31. The van der Waals surface area contributed by atoms with E-state index in [0.29, 0.717) is 18.0 Å². The lowest BCUT2D eigenvalue weighted by Gasteiger charge is -2.13. The van der Waals surface area contributed by atoms with Crippen molar-refractivity contribution in [2.24, 2.45) is 0 Å². The second kappa shape index (κ2) is 14.0. The van der Waals surface area contributed by atoms with Crippen LogP contribution < -0.4 is 10.1 Å². The molecule has 6 heteroatoms. The lowest BCUT2D eigenvalue weighted by molar-refractivity contribution is -0.120. The van der Waals surface area contributed by atoms with Gasteiger partial charge in [-0.15, -0.1) is 0 Å². The molecular weight excluding hydrogens is 494 g/mol. The number of rotatable bonds is 14. The average molecular weight is 532 g/mol. The van der Waals surface area contributed by atoms with E-state index in [4.69, 9.17) is 21.3 Å². The van der Waals surface area contributed by atoms with Gasteiger partial charge in [0.1, 0.15) is 11.6 Å². The van der Waals surface area contributed by atoms with Gasteiger partial charge < -0.3 is 14.6 Å². The molecule has 0 aliphatic rings. The van der Waals surface area contributed by atoms with Gasteiger partial charge in [0, 0.05) is 24.5 Å². The topological polar surface area (TPSA) is 56.1 Å². The van der Waals surface area contributed by atoms with Crippen molar-refractivity contribution in [2.45, 2.75) is 65.3 Å². The Kier molecular flexibility index (Phi) is 10.2. The molecule has 38 heavy (non-hydrogen) atoms. The Labute approximate surface area is 231 Å². The van der Waals surface area contributed by atoms with Crippen molar-refractivity contribution in [3.63, 3.8) is 0 Å². The van der Waals surface area contributed by atoms with Crippen molar-refractivity contribution in [3.05, 3.63) is 94.3 Å². The number of aryl methyl sites for hydroxylation is 4. The minimum atomic E-state index is 0.0516. The Morgan fingerprint density at radius 3 is 2.45 bits per heavy atom. The first kappa shape index (κ1) is 27.7. The molecule has 1 N–H and O–H groups in total. The SMILES string of the molecule is Cc1cccc(C)c1OCCCCn1c(CCCCCNC(=O)Cc2ccc(Cl)cc2)nc2ccccc21. The summed E-state index contributed by atoms with van der Waals surface area (Å²) in [5.74, 6) is 2.21. The standard InChI is InChI=1S/C32H38ClN3O2/c1-24-11-10-12-25(2)32(24)38-22-9-8-21-36-29-14-6-5-13-28(29)35-30(36)15-4-3-7-20-34-31(37)23-26-16-18-27(33)19-17-26/h5-6,10-14,16-19H,3-4,7-9,15,20-23H2,1-2H3,(H,34,37). The molecule has 0 unspecified atom stereocenters. The maximum absolute atomic E-state index is 12.2. The Bertz CT molecular complexity index is 1310. The van der Waals surface area contributed by atoms with Crippen LogP contribution in [0.25, 0.3) is 11.0 Å². The van der Waals surface area contributed by atoms with Gasteiger partial charge in [-0.2, -0.15) is 0 Å². The molecule has 1 aromatic heterocycles. The van der Waals surface area contributed by atoms with E-state index in [0.717, 1.165) is 74.3 Å². The lowest BCUT2D eigenvalue weighted by Crippen LogP contribution is -2.26. The fourth-order valence-electron chi connectivity index (χ4n) is 4.80. The zero-order chi connectivity index (χ0) is 26.7.